The summed E-state index contributed by atoms with van der Waals surface area (Å²) in [6.45, 7) is 4.10. The summed E-state index contributed by atoms with van der Waals surface area (Å²) in [6, 6.07) is 15.0. The number of aromatic nitrogens is 6. The van der Waals surface area contributed by atoms with Crippen LogP contribution in [0.4, 0.5) is 0 Å². The van der Waals surface area contributed by atoms with E-state index in [2.05, 4.69) is 38.8 Å². The van der Waals surface area contributed by atoms with Crippen LogP contribution in [0.2, 0.25) is 0 Å². The molecule has 0 atom stereocenters. The van der Waals surface area contributed by atoms with Crippen molar-refractivity contribution in [2.45, 2.75) is 19.8 Å². The monoisotopic (exact) mass is 439 g/mol. The molecule has 33 heavy (non-hydrogen) atoms. The van der Waals surface area contributed by atoms with Gasteiger partial charge in [-0.2, -0.15) is 0 Å². The van der Waals surface area contributed by atoms with E-state index in [4.69, 9.17) is 5.73 Å². The Morgan fingerprint density at radius 3 is 2.42 bits per heavy atom. The molecule has 9 nitrogen and oxygen atoms in total. The highest BCUT2D eigenvalue weighted by atomic mass is 16.2. The first-order chi connectivity index (χ1) is 15.9. The molecule has 0 aliphatic carbocycles. The summed E-state index contributed by atoms with van der Waals surface area (Å²) in [7, 11) is 0. The minimum absolute atomic E-state index is 0.0389. The molecule has 164 valence electrons. The number of nitrogens with zero attached hydrogens (tertiary/aromatic N) is 4. The van der Waals surface area contributed by atoms with Crippen molar-refractivity contribution in [2.75, 3.05) is 0 Å². The van der Waals surface area contributed by atoms with Crippen LogP contribution in [0, 0.1) is 0 Å². The Morgan fingerprint density at radius 1 is 1.03 bits per heavy atom. The van der Waals surface area contributed by atoms with Crippen LogP contribution in [-0.4, -0.2) is 35.4 Å². The molecule has 0 unspecified atom stereocenters. The van der Waals surface area contributed by atoms with Gasteiger partial charge in [0.2, 0.25) is 0 Å². The van der Waals surface area contributed by atoms with Crippen molar-refractivity contribution in [3.63, 3.8) is 0 Å². The van der Waals surface area contributed by atoms with Crippen LogP contribution in [0.3, 0.4) is 0 Å². The van der Waals surface area contributed by atoms with Crippen LogP contribution in [0.15, 0.2) is 65.7 Å². The fourth-order valence-corrected chi connectivity index (χ4v) is 3.90. The lowest BCUT2D eigenvalue weighted by Gasteiger charge is -2.13. The van der Waals surface area contributed by atoms with Gasteiger partial charge in [0.15, 0.2) is 17.2 Å². The zero-order valence-electron chi connectivity index (χ0n) is 18.0. The van der Waals surface area contributed by atoms with E-state index < -0.39 is 11.6 Å². The van der Waals surface area contributed by atoms with Crippen molar-refractivity contribution in [3.8, 4) is 28.5 Å². The van der Waals surface area contributed by atoms with E-state index in [0.717, 1.165) is 17.0 Å². The number of carbonyl (C=O) groups is 1. The second-order valence-electron chi connectivity index (χ2n) is 7.95. The molecule has 0 saturated carbocycles. The summed E-state index contributed by atoms with van der Waals surface area (Å²) in [5.74, 6) is 0.447. The second kappa shape index (κ2) is 7.86. The fourth-order valence-electron chi connectivity index (χ4n) is 3.90. The molecule has 9 heteroatoms. The Balaban J connectivity index is 1.73. The van der Waals surface area contributed by atoms with Crippen molar-refractivity contribution >= 4 is 17.1 Å². The zero-order chi connectivity index (χ0) is 23.1. The summed E-state index contributed by atoms with van der Waals surface area (Å²) < 4.78 is 1.47. The number of fused-ring (bicyclic) bond motifs is 1. The van der Waals surface area contributed by atoms with Gasteiger partial charge in [-0.25, -0.2) is 24.3 Å². The van der Waals surface area contributed by atoms with E-state index in [0.29, 0.717) is 16.9 Å². The van der Waals surface area contributed by atoms with Gasteiger partial charge in [0.25, 0.3) is 5.91 Å². The van der Waals surface area contributed by atoms with Crippen molar-refractivity contribution in [3.05, 3.63) is 82.7 Å². The van der Waals surface area contributed by atoms with Crippen molar-refractivity contribution in [1.82, 2.24) is 29.5 Å². The molecule has 0 saturated heterocycles. The lowest BCUT2D eigenvalue weighted by Crippen LogP contribution is -2.17. The van der Waals surface area contributed by atoms with Gasteiger partial charge in [0.05, 0.1) is 5.69 Å². The molecule has 0 aliphatic heterocycles. The molecule has 0 bridgehead atoms. The van der Waals surface area contributed by atoms with Gasteiger partial charge in [0.1, 0.15) is 11.3 Å². The van der Waals surface area contributed by atoms with Gasteiger partial charge in [-0.1, -0.05) is 56.3 Å². The fraction of sp³-hybridized carbons (Fsp3) is 0.125. The summed E-state index contributed by atoms with van der Waals surface area (Å²) in [4.78, 5) is 44.3. The van der Waals surface area contributed by atoms with E-state index >= 15 is 0 Å². The molecular formula is C24H21N7O2. The molecule has 1 amide bonds. The number of amides is 1. The lowest BCUT2D eigenvalue weighted by atomic mass is 10.0. The van der Waals surface area contributed by atoms with E-state index in [-0.39, 0.29) is 23.0 Å². The third-order valence-electron chi connectivity index (χ3n) is 5.48. The number of nitrogens with one attached hydrogen (secondary N) is 2. The molecule has 3 aromatic heterocycles. The summed E-state index contributed by atoms with van der Waals surface area (Å²) in [5, 5.41) is 0. The van der Waals surface area contributed by atoms with Gasteiger partial charge in [-0.15, -0.1) is 0 Å². The molecule has 0 aliphatic rings. The summed E-state index contributed by atoms with van der Waals surface area (Å²) >= 11 is 0. The molecular weight excluding hydrogens is 418 g/mol. The molecule has 0 fully saturated rings. The normalized spacial score (nSPS) is 11.4. The summed E-state index contributed by atoms with van der Waals surface area (Å²) in [5.41, 5.74) is 8.90. The highest BCUT2D eigenvalue weighted by Crippen LogP contribution is 2.27. The average Bonchev–Trinajstić information content (AvgIpc) is 3.46. The molecule has 0 radical (unpaired) electrons. The Kier molecular flexibility index (Phi) is 4.86. The van der Waals surface area contributed by atoms with Crippen LogP contribution in [0.1, 0.15) is 35.8 Å². The topological polar surface area (TPSA) is 135 Å². The number of carbonyl (C=O) groups excluding carboxylic acids is 1. The number of hydrogen-bond acceptors (Lipinski definition) is 5. The standard InChI is InChI=1S/C24H21N7O2/c1-13(2)16-5-3-4-6-17(16)31-23-19(29-24(31)33)18(20(25)32)28-22(30-23)15-9-7-14(8-10-15)21-26-11-12-27-21/h3-13H,1-2H3,(H2,25,32)(H,26,27)(H,29,33). The number of H-pyrrole nitrogens is 2. The first kappa shape index (κ1) is 20.4. The highest BCUT2D eigenvalue weighted by molar-refractivity contribution is 6.02. The highest BCUT2D eigenvalue weighted by Gasteiger charge is 2.21. The minimum Gasteiger partial charge on any atom is -0.364 e. The number of nitrogens with two attached hydrogens (primary N) is 1. The molecule has 5 rings (SSSR count). The molecule has 3 heterocycles. The Morgan fingerprint density at radius 2 is 1.76 bits per heavy atom. The third-order valence-corrected chi connectivity index (χ3v) is 5.48. The minimum atomic E-state index is -0.749. The molecule has 5 aromatic rings. The molecule has 0 spiro atoms. The van der Waals surface area contributed by atoms with Crippen LogP contribution >= 0.6 is 0 Å². The van der Waals surface area contributed by atoms with Gasteiger partial charge >= 0.3 is 5.69 Å². The maximum Gasteiger partial charge on any atom is 0.332 e. The van der Waals surface area contributed by atoms with E-state index in [9.17, 15) is 9.59 Å². The SMILES string of the molecule is CC(C)c1ccccc1-n1c(=O)[nH]c2c(C(N)=O)nc(-c3ccc(-c4ncc[nH]4)cc3)nc21. The van der Waals surface area contributed by atoms with Crippen LogP contribution in [0.5, 0.6) is 0 Å². The summed E-state index contributed by atoms with van der Waals surface area (Å²) in [6.07, 6.45) is 3.43. The Hall–Kier alpha value is -4.53. The van der Waals surface area contributed by atoms with E-state index in [1.807, 2.05) is 48.5 Å². The van der Waals surface area contributed by atoms with Gasteiger partial charge in [-0.3, -0.25) is 4.79 Å². The maximum absolute atomic E-state index is 13.0. The van der Waals surface area contributed by atoms with Crippen molar-refractivity contribution < 1.29 is 4.79 Å². The molecule has 4 N–H and O–H groups in total. The predicted octanol–water partition coefficient (Wildman–Crippen LogP) is 3.39. The average molecular weight is 439 g/mol. The number of benzene rings is 2. The van der Waals surface area contributed by atoms with Crippen molar-refractivity contribution in [1.29, 1.82) is 0 Å². The number of rotatable bonds is 5. The van der Waals surface area contributed by atoms with E-state index in [1.54, 1.807) is 12.4 Å². The quantitative estimate of drug-likeness (QED) is 0.386. The van der Waals surface area contributed by atoms with Crippen LogP contribution < -0.4 is 11.4 Å². The Labute approximate surface area is 188 Å². The lowest BCUT2D eigenvalue weighted by molar-refractivity contribution is 0.0997. The Bertz CT molecular complexity index is 1530. The largest absolute Gasteiger partial charge is 0.364 e. The zero-order valence-corrected chi connectivity index (χ0v) is 18.0. The van der Waals surface area contributed by atoms with Crippen molar-refractivity contribution in [2.24, 2.45) is 5.73 Å². The predicted molar refractivity (Wildman–Crippen MR) is 125 cm³/mol. The smallest absolute Gasteiger partial charge is 0.332 e. The maximum atomic E-state index is 13.0. The van der Waals surface area contributed by atoms with Crippen LogP contribution in [0.25, 0.3) is 39.6 Å². The first-order valence-electron chi connectivity index (χ1n) is 10.5. The number of para-hydroxylation sites is 1. The number of imidazole rings is 2. The van der Waals surface area contributed by atoms with E-state index in [1.165, 1.54) is 4.57 Å². The van der Waals surface area contributed by atoms with Gasteiger partial charge in [-0.05, 0) is 17.5 Å². The number of aromatic amines is 2. The number of primary amides is 1. The number of hydrogen-bond donors (Lipinski definition) is 3. The molecule has 2 aromatic carbocycles. The second-order valence-corrected chi connectivity index (χ2v) is 7.95. The van der Waals surface area contributed by atoms with Gasteiger partial charge < -0.3 is 15.7 Å². The third kappa shape index (κ3) is 3.49. The van der Waals surface area contributed by atoms with Crippen LogP contribution in [-0.2, 0) is 0 Å². The van der Waals surface area contributed by atoms with Gasteiger partial charge in [0, 0.05) is 23.5 Å². The first-order valence-corrected chi connectivity index (χ1v) is 10.5.